The van der Waals surface area contributed by atoms with Crippen LogP contribution in [0.2, 0.25) is 0 Å². The lowest BCUT2D eigenvalue weighted by Crippen LogP contribution is -2.30. The zero-order valence-electron chi connectivity index (χ0n) is 32.3. The van der Waals surface area contributed by atoms with Gasteiger partial charge in [0.2, 0.25) is 0 Å². The van der Waals surface area contributed by atoms with Crippen molar-refractivity contribution >= 4 is 11.9 Å². The van der Waals surface area contributed by atoms with E-state index in [-0.39, 0.29) is 25.2 Å². The Hall–Kier alpha value is -1.62. The van der Waals surface area contributed by atoms with Crippen LogP contribution in [0.3, 0.4) is 0 Å². The van der Waals surface area contributed by atoms with Gasteiger partial charge in [-0.2, -0.15) is 0 Å². The molecule has 0 N–H and O–H groups in total. The third-order valence-electron chi connectivity index (χ3n) is 8.96. The van der Waals surface area contributed by atoms with Gasteiger partial charge in [-0.05, 0) is 57.8 Å². The summed E-state index contributed by atoms with van der Waals surface area (Å²) >= 11 is 0. The summed E-state index contributed by atoms with van der Waals surface area (Å²) in [7, 11) is 0. The summed E-state index contributed by atoms with van der Waals surface area (Å²) in [6.07, 6.45) is 43.1. The zero-order valence-corrected chi connectivity index (χ0v) is 32.3. The molecule has 0 amide bonds. The summed E-state index contributed by atoms with van der Waals surface area (Å²) in [5, 5.41) is 0. The van der Waals surface area contributed by atoms with Gasteiger partial charge >= 0.3 is 11.9 Å². The summed E-state index contributed by atoms with van der Waals surface area (Å²) in [6.45, 7) is 7.74. The number of hydrogen-bond donors (Lipinski definition) is 0. The molecular weight excluding hydrogens is 596 g/mol. The van der Waals surface area contributed by atoms with Gasteiger partial charge in [0.05, 0.1) is 6.61 Å². The van der Waals surface area contributed by atoms with E-state index in [0.29, 0.717) is 19.4 Å². The second kappa shape index (κ2) is 39.8. The van der Waals surface area contributed by atoms with E-state index >= 15 is 0 Å². The maximum Gasteiger partial charge on any atom is 0.306 e. The molecule has 0 radical (unpaired) electrons. The third-order valence-corrected chi connectivity index (χ3v) is 8.96. The maximum atomic E-state index is 12.6. The van der Waals surface area contributed by atoms with Crippen molar-refractivity contribution in [2.75, 3.05) is 19.8 Å². The molecule has 0 aliphatic carbocycles. The number of carbonyl (C=O) groups excluding carboxylic acids is 2. The van der Waals surface area contributed by atoms with Crippen LogP contribution in [-0.4, -0.2) is 37.9 Å². The fraction of sp³-hybridized carbons (Fsp3) is 0.860. The monoisotopic (exact) mass is 677 g/mol. The van der Waals surface area contributed by atoms with Crippen molar-refractivity contribution in [1.29, 1.82) is 0 Å². The highest BCUT2D eigenvalue weighted by Gasteiger charge is 2.17. The van der Waals surface area contributed by atoms with Crippen LogP contribution >= 0.6 is 0 Å². The Morgan fingerprint density at radius 1 is 0.438 bits per heavy atom. The molecule has 282 valence electrons. The molecule has 0 bridgehead atoms. The summed E-state index contributed by atoms with van der Waals surface area (Å²) in [6, 6.07) is 0. The topological polar surface area (TPSA) is 61.8 Å². The number of rotatable bonds is 38. The van der Waals surface area contributed by atoms with E-state index in [0.717, 1.165) is 57.8 Å². The van der Waals surface area contributed by atoms with Gasteiger partial charge in [0.1, 0.15) is 6.61 Å². The largest absolute Gasteiger partial charge is 0.462 e. The maximum absolute atomic E-state index is 12.6. The Morgan fingerprint density at radius 3 is 1.33 bits per heavy atom. The van der Waals surface area contributed by atoms with Crippen LogP contribution in [-0.2, 0) is 23.8 Å². The van der Waals surface area contributed by atoms with Crippen molar-refractivity contribution in [2.45, 2.75) is 219 Å². The number of allylic oxidation sites excluding steroid dienone is 4. The second-order valence-corrected chi connectivity index (χ2v) is 13.9. The van der Waals surface area contributed by atoms with E-state index < -0.39 is 6.10 Å². The average molecular weight is 677 g/mol. The van der Waals surface area contributed by atoms with Crippen LogP contribution in [0.4, 0.5) is 0 Å². The fourth-order valence-corrected chi connectivity index (χ4v) is 5.76. The molecule has 0 aliphatic rings. The standard InChI is InChI=1S/C43H80O5/c1-4-7-10-13-16-19-22-24-27-30-33-36-42(44)47-40-41(39-46-38-35-32-29-26-21-18-15-12-9-6-3)48-43(45)37-34-31-28-25-23-20-17-14-11-8-5-2/h13-14,16-17,41H,4-12,15,18-40H2,1-3H3/b16-13-,17-14-. The Bertz CT molecular complexity index is 731. The van der Waals surface area contributed by atoms with Gasteiger partial charge in [-0.3, -0.25) is 9.59 Å². The van der Waals surface area contributed by atoms with Crippen LogP contribution in [0.15, 0.2) is 24.3 Å². The van der Waals surface area contributed by atoms with Crippen LogP contribution in [0, 0.1) is 0 Å². The number of ether oxygens (including phenoxy) is 3. The summed E-state index contributed by atoms with van der Waals surface area (Å²) in [5.41, 5.74) is 0. The van der Waals surface area contributed by atoms with E-state index in [1.165, 1.54) is 122 Å². The van der Waals surface area contributed by atoms with Crippen molar-refractivity contribution < 1.29 is 23.8 Å². The molecule has 0 aromatic heterocycles. The first-order valence-electron chi connectivity index (χ1n) is 20.9. The molecular formula is C43H80O5. The highest BCUT2D eigenvalue weighted by atomic mass is 16.6. The minimum absolute atomic E-state index is 0.0821. The van der Waals surface area contributed by atoms with Crippen LogP contribution in [0.5, 0.6) is 0 Å². The van der Waals surface area contributed by atoms with Crippen LogP contribution < -0.4 is 0 Å². The molecule has 0 saturated carbocycles. The van der Waals surface area contributed by atoms with Gasteiger partial charge in [0.25, 0.3) is 0 Å². The lowest BCUT2D eigenvalue weighted by molar-refractivity contribution is -0.163. The first-order chi connectivity index (χ1) is 23.6. The lowest BCUT2D eigenvalue weighted by Gasteiger charge is -2.18. The van der Waals surface area contributed by atoms with E-state index in [1.54, 1.807) is 0 Å². The van der Waals surface area contributed by atoms with E-state index in [9.17, 15) is 9.59 Å². The van der Waals surface area contributed by atoms with Gasteiger partial charge < -0.3 is 14.2 Å². The fourth-order valence-electron chi connectivity index (χ4n) is 5.76. The average Bonchev–Trinajstić information content (AvgIpc) is 3.08. The smallest absolute Gasteiger partial charge is 0.306 e. The summed E-state index contributed by atoms with van der Waals surface area (Å²) in [4.78, 5) is 25.1. The molecule has 0 aromatic rings. The molecule has 48 heavy (non-hydrogen) atoms. The number of unbranched alkanes of at least 4 members (excludes halogenated alkanes) is 23. The number of esters is 2. The van der Waals surface area contributed by atoms with Crippen molar-refractivity contribution in [2.24, 2.45) is 0 Å². The molecule has 0 aromatic carbocycles. The SMILES string of the molecule is CCCC/C=C\CCCCCCCC(=O)OCC(COCCCCCCCCCCCC)OC(=O)CCCCCCC/C=C\CCCC. The van der Waals surface area contributed by atoms with E-state index in [1.807, 2.05) is 0 Å². The molecule has 0 spiro atoms. The minimum Gasteiger partial charge on any atom is -0.462 e. The predicted molar refractivity (Wildman–Crippen MR) is 205 cm³/mol. The second-order valence-electron chi connectivity index (χ2n) is 13.9. The summed E-state index contributed by atoms with van der Waals surface area (Å²) in [5.74, 6) is -0.414. The first kappa shape index (κ1) is 46.4. The van der Waals surface area contributed by atoms with Gasteiger partial charge in [0.15, 0.2) is 6.10 Å². The zero-order chi connectivity index (χ0) is 35.0. The van der Waals surface area contributed by atoms with Crippen LogP contribution in [0.1, 0.15) is 213 Å². The van der Waals surface area contributed by atoms with Gasteiger partial charge in [-0.15, -0.1) is 0 Å². The predicted octanol–water partition coefficient (Wildman–Crippen LogP) is 13.3. The lowest BCUT2D eigenvalue weighted by atomic mass is 10.1. The molecule has 0 fully saturated rings. The molecule has 5 heteroatoms. The Labute approximate surface area is 298 Å². The Kier molecular flexibility index (Phi) is 38.5. The highest BCUT2D eigenvalue weighted by Crippen LogP contribution is 2.13. The van der Waals surface area contributed by atoms with Gasteiger partial charge in [-0.25, -0.2) is 0 Å². The molecule has 1 unspecified atom stereocenters. The van der Waals surface area contributed by atoms with Crippen molar-refractivity contribution in [3.05, 3.63) is 24.3 Å². The Morgan fingerprint density at radius 2 is 0.833 bits per heavy atom. The first-order valence-corrected chi connectivity index (χ1v) is 20.9. The quantitative estimate of drug-likeness (QED) is 0.0370. The van der Waals surface area contributed by atoms with Gasteiger partial charge in [-0.1, -0.05) is 167 Å². The molecule has 1 atom stereocenters. The minimum atomic E-state index is -0.533. The third kappa shape index (κ3) is 37.2. The summed E-state index contributed by atoms with van der Waals surface area (Å²) < 4.78 is 17.2. The molecule has 0 aliphatic heterocycles. The molecule has 5 nitrogen and oxygen atoms in total. The molecule has 0 heterocycles. The number of carbonyl (C=O) groups is 2. The normalized spacial score (nSPS) is 12.3. The highest BCUT2D eigenvalue weighted by molar-refractivity contribution is 5.70. The molecule has 0 rings (SSSR count). The number of hydrogen-bond acceptors (Lipinski definition) is 5. The van der Waals surface area contributed by atoms with Crippen molar-refractivity contribution in [1.82, 2.24) is 0 Å². The van der Waals surface area contributed by atoms with Crippen molar-refractivity contribution in [3.8, 4) is 0 Å². The van der Waals surface area contributed by atoms with Crippen molar-refractivity contribution in [3.63, 3.8) is 0 Å². The Balaban J connectivity index is 4.25. The van der Waals surface area contributed by atoms with E-state index in [4.69, 9.17) is 14.2 Å². The van der Waals surface area contributed by atoms with E-state index in [2.05, 4.69) is 45.1 Å². The molecule has 0 saturated heterocycles. The van der Waals surface area contributed by atoms with Crippen LogP contribution in [0.25, 0.3) is 0 Å². The van der Waals surface area contributed by atoms with Gasteiger partial charge in [0, 0.05) is 19.4 Å².